The van der Waals surface area contributed by atoms with Crippen LogP contribution in [0.5, 0.6) is 0 Å². The first kappa shape index (κ1) is 21.1. The highest BCUT2D eigenvalue weighted by Gasteiger charge is 2.42. The zero-order chi connectivity index (χ0) is 22.1. The van der Waals surface area contributed by atoms with E-state index in [0.29, 0.717) is 44.2 Å². The molecule has 0 aromatic heterocycles. The van der Waals surface area contributed by atoms with Crippen molar-refractivity contribution in [1.82, 2.24) is 5.32 Å². The van der Waals surface area contributed by atoms with Crippen LogP contribution in [0.1, 0.15) is 19.4 Å². The average Bonchev–Trinajstić information content (AvgIpc) is 2.76. The number of para-hydroxylation sites is 1. The van der Waals surface area contributed by atoms with E-state index in [9.17, 15) is 19.3 Å². The van der Waals surface area contributed by atoms with Gasteiger partial charge in [0, 0.05) is 44.0 Å². The first-order chi connectivity index (χ1) is 14.8. The molecule has 31 heavy (non-hydrogen) atoms. The van der Waals surface area contributed by atoms with Gasteiger partial charge in [0.25, 0.3) is 5.69 Å². The minimum atomic E-state index is -0.406. The summed E-state index contributed by atoms with van der Waals surface area (Å²) in [7, 11) is 0. The summed E-state index contributed by atoms with van der Waals surface area (Å²) in [4.78, 5) is 28.2. The molecule has 1 fully saturated rings. The van der Waals surface area contributed by atoms with Crippen molar-refractivity contribution in [3.05, 3.63) is 64.0 Å². The van der Waals surface area contributed by atoms with Crippen molar-refractivity contribution in [2.75, 3.05) is 36.0 Å². The maximum atomic E-state index is 14.4. The lowest BCUT2D eigenvalue weighted by molar-refractivity contribution is -0.384. The Morgan fingerprint density at radius 2 is 2.00 bits per heavy atom. The summed E-state index contributed by atoms with van der Waals surface area (Å²) in [5.74, 6) is -0.388. The molecule has 2 aromatic carbocycles. The van der Waals surface area contributed by atoms with E-state index in [1.54, 1.807) is 24.3 Å². The summed E-state index contributed by atoms with van der Waals surface area (Å²) in [6, 6.07) is 11.4. The van der Waals surface area contributed by atoms with Gasteiger partial charge in [-0.25, -0.2) is 4.39 Å². The number of benzene rings is 2. The standard InChI is InChI=1S/C23H27FN4O3/c1-15(2)13-25-23(29)18-12-16-11-17(28(30)31)7-8-20(16)27-10-9-26(14-22(18)27)21-6-4-3-5-19(21)24/h3-8,11,15,18,22H,9-10,12-14H2,1-2H3,(H,25,29). The van der Waals surface area contributed by atoms with Crippen LogP contribution in [0, 0.1) is 27.8 Å². The van der Waals surface area contributed by atoms with E-state index in [2.05, 4.69) is 10.2 Å². The van der Waals surface area contributed by atoms with E-state index in [1.807, 2.05) is 24.8 Å². The number of piperazine rings is 1. The molecule has 2 heterocycles. The van der Waals surface area contributed by atoms with Crippen LogP contribution >= 0.6 is 0 Å². The van der Waals surface area contributed by atoms with Crippen LogP contribution in [0.15, 0.2) is 42.5 Å². The second-order valence-electron chi connectivity index (χ2n) is 8.68. The first-order valence-electron chi connectivity index (χ1n) is 10.7. The van der Waals surface area contributed by atoms with E-state index in [-0.39, 0.29) is 29.4 Å². The maximum absolute atomic E-state index is 14.4. The maximum Gasteiger partial charge on any atom is 0.269 e. The summed E-state index contributed by atoms with van der Waals surface area (Å²) in [6.07, 6.45) is 0.424. The summed E-state index contributed by atoms with van der Waals surface area (Å²) >= 11 is 0. The number of rotatable bonds is 5. The third-order valence-electron chi connectivity index (χ3n) is 6.12. The molecule has 0 spiro atoms. The second-order valence-corrected chi connectivity index (χ2v) is 8.68. The van der Waals surface area contributed by atoms with Gasteiger partial charge in [0.2, 0.25) is 5.91 Å². The summed E-state index contributed by atoms with van der Waals surface area (Å²) < 4.78 is 14.4. The van der Waals surface area contributed by atoms with Crippen LogP contribution in [0.25, 0.3) is 0 Å². The molecule has 1 amide bonds. The lowest BCUT2D eigenvalue weighted by atomic mass is 9.83. The van der Waals surface area contributed by atoms with E-state index < -0.39 is 4.92 Å². The predicted molar refractivity (Wildman–Crippen MR) is 118 cm³/mol. The number of carbonyl (C=O) groups excluding carboxylic acids is 1. The van der Waals surface area contributed by atoms with Gasteiger partial charge in [-0.2, -0.15) is 0 Å². The molecule has 8 heteroatoms. The van der Waals surface area contributed by atoms with E-state index in [1.165, 1.54) is 12.1 Å². The number of fused-ring (bicyclic) bond motifs is 3. The Morgan fingerprint density at radius 1 is 1.23 bits per heavy atom. The topological polar surface area (TPSA) is 78.7 Å². The van der Waals surface area contributed by atoms with Gasteiger partial charge in [-0.15, -0.1) is 0 Å². The monoisotopic (exact) mass is 426 g/mol. The SMILES string of the molecule is CC(C)CNC(=O)C1Cc2cc([N+](=O)[O-])ccc2N2CCN(c3ccccc3F)CC12. The number of nitro benzene ring substituents is 1. The number of amides is 1. The molecule has 2 aliphatic heterocycles. The van der Waals surface area contributed by atoms with E-state index in [4.69, 9.17) is 0 Å². The van der Waals surface area contributed by atoms with E-state index in [0.717, 1.165) is 11.3 Å². The quantitative estimate of drug-likeness (QED) is 0.586. The molecule has 7 nitrogen and oxygen atoms in total. The number of nitrogens with zero attached hydrogens (tertiary/aromatic N) is 3. The van der Waals surface area contributed by atoms with Crippen LogP contribution in [0.2, 0.25) is 0 Å². The fraction of sp³-hybridized carbons (Fsp3) is 0.435. The van der Waals surface area contributed by atoms with Gasteiger partial charge in [0.15, 0.2) is 0 Å². The van der Waals surface area contributed by atoms with Crippen LogP contribution < -0.4 is 15.1 Å². The smallest absolute Gasteiger partial charge is 0.269 e. The fourth-order valence-corrected chi connectivity index (χ4v) is 4.59. The second kappa shape index (κ2) is 8.53. The summed E-state index contributed by atoms with van der Waals surface area (Å²) in [6.45, 7) is 6.36. The average molecular weight is 426 g/mol. The van der Waals surface area contributed by atoms with Crippen LogP contribution in [0.4, 0.5) is 21.5 Å². The third kappa shape index (κ3) is 4.19. The normalized spacial score (nSPS) is 20.3. The molecule has 4 rings (SSSR count). The number of hydrogen-bond donors (Lipinski definition) is 1. The van der Waals surface area contributed by atoms with Gasteiger partial charge in [-0.05, 0) is 36.1 Å². The largest absolute Gasteiger partial charge is 0.365 e. The number of hydrogen-bond acceptors (Lipinski definition) is 5. The molecule has 0 saturated carbocycles. The predicted octanol–water partition coefficient (Wildman–Crippen LogP) is 3.37. The molecule has 164 valence electrons. The Hall–Kier alpha value is -3.16. The summed E-state index contributed by atoms with van der Waals surface area (Å²) in [5.41, 5.74) is 2.31. The number of non-ortho nitro benzene ring substituents is 1. The van der Waals surface area contributed by atoms with E-state index >= 15 is 0 Å². The number of carbonyl (C=O) groups is 1. The molecule has 1 N–H and O–H groups in total. The highest BCUT2D eigenvalue weighted by Crippen LogP contribution is 2.38. The van der Waals surface area contributed by atoms with Crippen molar-refractivity contribution in [3.63, 3.8) is 0 Å². The lowest BCUT2D eigenvalue weighted by Gasteiger charge is -2.49. The molecular weight excluding hydrogens is 399 g/mol. The van der Waals surface area contributed by atoms with Crippen molar-refractivity contribution in [3.8, 4) is 0 Å². The fourth-order valence-electron chi connectivity index (χ4n) is 4.59. The molecule has 2 unspecified atom stereocenters. The third-order valence-corrected chi connectivity index (χ3v) is 6.12. The Kier molecular flexibility index (Phi) is 5.80. The van der Waals surface area contributed by atoms with Crippen molar-refractivity contribution in [1.29, 1.82) is 0 Å². The van der Waals surface area contributed by atoms with Gasteiger partial charge in [0.1, 0.15) is 5.82 Å². The van der Waals surface area contributed by atoms with Crippen LogP contribution in [0.3, 0.4) is 0 Å². The van der Waals surface area contributed by atoms with Crippen molar-refractivity contribution in [2.45, 2.75) is 26.3 Å². The number of nitro groups is 1. The van der Waals surface area contributed by atoms with Gasteiger partial charge in [-0.1, -0.05) is 26.0 Å². The highest BCUT2D eigenvalue weighted by atomic mass is 19.1. The zero-order valence-electron chi connectivity index (χ0n) is 17.8. The molecule has 0 bridgehead atoms. The van der Waals surface area contributed by atoms with Gasteiger partial charge in [0.05, 0.1) is 22.6 Å². The Morgan fingerprint density at radius 3 is 2.71 bits per heavy atom. The Bertz CT molecular complexity index is 997. The Labute approximate surface area is 181 Å². The first-order valence-corrected chi connectivity index (χ1v) is 10.7. The van der Waals surface area contributed by atoms with Crippen molar-refractivity contribution in [2.24, 2.45) is 11.8 Å². The Balaban J connectivity index is 1.67. The number of halogens is 1. The lowest BCUT2D eigenvalue weighted by Crippen LogP contribution is -2.61. The number of nitrogens with one attached hydrogen (secondary N) is 1. The minimum Gasteiger partial charge on any atom is -0.365 e. The van der Waals surface area contributed by atoms with Gasteiger partial charge in [-0.3, -0.25) is 14.9 Å². The molecule has 2 aromatic rings. The van der Waals surface area contributed by atoms with Crippen molar-refractivity contribution >= 4 is 23.0 Å². The highest BCUT2D eigenvalue weighted by molar-refractivity contribution is 5.82. The van der Waals surface area contributed by atoms with Gasteiger partial charge >= 0.3 is 0 Å². The molecule has 0 aliphatic carbocycles. The molecule has 1 saturated heterocycles. The molecule has 2 atom stereocenters. The molecule has 2 aliphatic rings. The number of anilines is 2. The molecular formula is C23H27FN4O3. The minimum absolute atomic E-state index is 0.0310. The van der Waals surface area contributed by atoms with Crippen LogP contribution in [-0.2, 0) is 11.2 Å². The zero-order valence-corrected chi connectivity index (χ0v) is 17.8. The van der Waals surface area contributed by atoms with Gasteiger partial charge < -0.3 is 15.1 Å². The molecule has 0 radical (unpaired) electrons. The van der Waals surface area contributed by atoms with Crippen LogP contribution in [-0.4, -0.2) is 43.1 Å². The summed E-state index contributed by atoms with van der Waals surface area (Å²) in [5, 5.41) is 14.3. The van der Waals surface area contributed by atoms with Crippen molar-refractivity contribution < 1.29 is 14.1 Å².